The van der Waals surface area contributed by atoms with E-state index in [4.69, 9.17) is 10.4 Å². The van der Waals surface area contributed by atoms with Gasteiger partial charge in [0.2, 0.25) is 0 Å². The Labute approximate surface area is 151 Å². The highest BCUT2D eigenvalue weighted by molar-refractivity contribution is 6.47. The molecule has 2 aromatic rings. The fraction of sp³-hybridized carbons (Fsp3) is 0.412. The first-order valence-corrected chi connectivity index (χ1v) is 8.56. The van der Waals surface area contributed by atoms with Crippen molar-refractivity contribution in [2.75, 3.05) is 6.54 Å². The lowest BCUT2D eigenvalue weighted by Gasteiger charge is -2.28. The number of aromatic nitrogens is 3. The highest BCUT2D eigenvalue weighted by Gasteiger charge is 2.37. The lowest BCUT2D eigenvalue weighted by atomic mass is 9.64. The fourth-order valence-corrected chi connectivity index (χ4v) is 3.15. The summed E-state index contributed by atoms with van der Waals surface area (Å²) in [6, 6.07) is 5.30. The van der Waals surface area contributed by atoms with Crippen LogP contribution in [0.25, 0.3) is 0 Å². The smallest absolute Gasteiger partial charge is 0.526 e. The zero-order valence-corrected chi connectivity index (χ0v) is 14.6. The zero-order valence-electron chi connectivity index (χ0n) is 14.6. The van der Waals surface area contributed by atoms with Crippen LogP contribution >= 0.6 is 0 Å². The number of benzene rings is 1. The van der Waals surface area contributed by atoms with Crippen LogP contribution in [-0.4, -0.2) is 45.2 Å². The molecule has 1 aliphatic rings. The summed E-state index contributed by atoms with van der Waals surface area (Å²) in [4.78, 5) is 24.0. The molecule has 0 aliphatic carbocycles. The highest BCUT2D eigenvalue weighted by Crippen LogP contribution is 2.36. The molecule has 1 aromatic heterocycles. The van der Waals surface area contributed by atoms with E-state index >= 15 is 0 Å². The number of hydrogen-bond acceptors (Lipinski definition) is 7. The molecule has 3 N–H and O–H groups in total. The average molecular weight is 356 g/mol. The van der Waals surface area contributed by atoms with Crippen LogP contribution in [0.1, 0.15) is 35.0 Å². The molecule has 2 heterocycles. The largest absolute Gasteiger partial charge is 0.535 e. The first-order valence-electron chi connectivity index (χ1n) is 8.56. The molecule has 0 spiro atoms. The quantitative estimate of drug-likeness (QED) is 0.545. The number of carbonyl (C=O) groups excluding carboxylic acids is 2. The average Bonchev–Trinajstić information content (AvgIpc) is 3.02. The number of carbonyl (C=O) groups is 2. The van der Waals surface area contributed by atoms with Gasteiger partial charge in [-0.05, 0) is 31.5 Å². The molecule has 136 valence electrons. The van der Waals surface area contributed by atoms with Crippen LogP contribution in [0.4, 0.5) is 0 Å². The van der Waals surface area contributed by atoms with Gasteiger partial charge in [-0.1, -0.05) is 17.3 Å². The van der Waals surface area contributed by atoms with E-state index in [1.165, 1.54) is 11.6 Å². The SMILES string of the molecule is CC(=O)c1cccc2c1OB(O)[C@@H](CC(=O)Cn1cc(CCN)nn1)C2. The van der Waals surface area contributed by atoms with Gasteiger partial charge in [-0.2, -0.15) is 0 Å². The molecular weight excluding hydrogens is 335 g/mol. The summed E-state index contributed by atoms with van der Waals surface area (Å²) in [5.41, 5.74) is 7.49. The van der Waals surface area contributed by atoms with Gasteiger partial charge in [-0.15, -0.1) is 5.10 Å². The number of rotatable bonds is 7. The molecule has 9 heteroatoms. The molecule has 1 aliphatic heterocycles. The lowest BCUT2D eigenvalue weighted by molar-refractivity contribution is -0.120. The van der Waals surface area contributed by atoms with Crippen LogP contribution in [-0.2, 0) is 24.2 Å². The molecule has 0 saturated heterocycles. The molecule has 3 rings (SSSR count). The summed E-state index contributed by atoms with van der Waals surface area (Å²) in [6.45, 7) is 2.01. The lowest BCUT2D eigenvalue weighted by Crippen LogP contribution is -2.36. The first-order chi connectivity index (χ1) is 12.5. The number of para-hydroxylation sites is 1. The van der Waals surface area contributed by atoms with Crippen molar-refractivity contribution in [3.8, 4) is 5.75 Å². The zero-order chi connectivity index (χ0) is 18.7. The molecule has 0 saturated carbocycles. The molecule has 0 amide bonds. The van der Waals surface area contributed by atoms with Crippen molar-refractivity contribution in [1.29, 1.82) is 0 Å². The Hall–Kier alpha value is -2.52. The van der Waals surface area contributed by atoms with E-state index in [0.717, 1.165) is 11.3 Å². The van der Waals surface area contributed by atoms with E-state index in [0.29, 0.717) is 30.7 Å². The molecule has 0 unspecified atom stereocenters. The van der Waals surface area contributed by atoms with Crippen molar-refractivity contribution >= 4 is 18.7 Å². The maximum atomic E-state index is 12.3. The Morgan fingerprint density at radius 1 is 1.46 bits per heavy atom. The minimum atomic E-state index is -1.13. The molecule has 0 fully saturated rings. The third kappa shape index (κ3) is 4.00. The minimum absolute atomic E-state index is 0.0759. The Kier molecular flexibility index (Phi) is 5.48. The van der Waals surface area contributed by atoms with Crippen molar-refractivity contribution in [1.82, 2.24) is 15.0 Å². The van der Waals surface area contributed by atoms with E-state index in [2.05, 4.69) is 10.3 Å². The predicted molar refractivity (Wildman–Crippen MR) is 94.9 cm³/mol. The van der Waals surface area contributed by atoms with Crippen molar-refractivity contribution in [3.63, 3.8) is 0 Å². The van der Waals surface area contributed by atoms with E-state index in [-0.39, 0.29) is 30.3 Å². The van der Waals surface area contributed by atoms with Crippen molar-refractivity contribution < 1.29 is 19.3 Å². The monoisotopic (exact) mass is 356 g/mol. The molecule has 8 nitrogen and oxygen atoms in total. The number of nitrogens with zero attached hydrogens (tertiary/aromatic N) is 3. The van der Waals surface area contributed by atoms with Gasteiger partial charge in [0, 0.05) is 24.9 Å². The number of fused-ring (bicyclic) bond motifs is 1. The van der Waals surface area contributed by atoms with Crippen LogP contribution in [0.5, 0.6) is 5.75 Å². The summed E-state index contributed by atoms with van der Waals surface area (Å²) in [6.07, 6.45) is 2.93. The summed E-state index contributed by atoms with van der Waals surface area (Å²) in [5, 5.41) is 18.1. The predicted octanol–water partition coefficient (Wildman–Crippen LogP) is 0.427. The Morgan fingerprint density at radius 3 is 3.00 bits per heavy atom. The maximum absolute atomic E-state index is 12.3. The summed E-state index contributed by atoms with van der Waals surface area (Å²) in [5.74, 6) is -0.154. The second-order valence-corrected chi connectivity index (χ2v) is 6.51. The normalized spacial score (nSPS) is 16.1. The highest BCUT2D eigenvalue weighted by atomic mass is 16.5. The van der Waals surface area contributed by atoms with Gasteiger partial charge in [0.1, 0.15) is 12.3 Å². The van der Waals surface area contributed by atoms with Gasteiger partial charge in [-0.25, -0.2) is 4.68 Å². The van der Waals surface area contributed by atoms with Crippen LogP contribution in [0.3, 0.4) is 0 Å². The molecule has 26 heavy (non-hydrogen) atoms. The third-order valence-electron chi connectivity index (χ3n) is 4.41. The Morgan fingerprint density at radius 2 is 2.27 bits per heavy atom. The Balaban J connectivity index is 1.66. The topological polar surface area (TPSA) is 120 Å². The number of hydrogen-bond donors (Lipinski definition) is 2. The maximum Gasteiger partial charge on any atom is 0.526 e. The van der Waals surface area contributed by atoms with Gasteiger partial charge in [-0.3, -0.25) is 9.59 Å². The molecule has 1 aromatic carbocycles. The molecule has 0 bridgehead atoms. The van der Waals surface area contributed by atoms with E-state index in [1.807, 2.05) is 6.07 Å². The molecular formula is C17H21BN4O4. The van der Waals surface area contributed by atoms with E-state index in [9.17, 15) is 14.6 Å². The number of ketones is 2. The minimum Gasteiger partial charge on any atom is -0.535 e. The van der Waals surface area contributed by atoms with Gasteiger partial charge in [0.25, 0.3) is 0 Å². The third-order valence-corrected chi connectivity index (χ3v) is 4.41. The van der Waals surface area contributed by atoms with Crippen LogP contribution < -0.4 is 10.4 Å². The van der Waals surface area contributed by atoms with E-state index in [1.54, 1.807) is 18.3 Å². The molecule has 0 radical (unpaired) electrons. The van der Waals surface area contributed by atoms with Gasteiger partial charge >= 0.3 is 7.12 Å². The van der Waals surface area contributed by atoms with Gasteiger partial charge in [0.05, 0.1) is 11.3 Å². The van der Waals surface area contributed by atoms with Crippen molar-refractivity contribution in [3.05, 3.63) is 41.2 Å². The van der Waals surface area contributed by atoms with E-state index < -0.39 is 7.12 Å². The van der Waals surface area contributed by atoms with Crippen LogP contribution in [0.15, 0.2) is 24.4 Å². The van der Waals surface area contributed by atoms with Crippen molar-refractivity contribution in [2.24, 2.45) is 5.73 Å². The van der Waals surface area contributed by atoms with Crippen LogP contribution in [0.2, 0.25) is 5.82 Å². The van der Waals surface area contributed by atoms with Crippen LogP contribution in [0, 0.1) is 0 Å². The number of Topliss-reactive ketones (excluding diaryl/α,β-unsaturated/α-hetero) is 2. The first kappa shape index (κ1) is 18.3. The van der Waals surface area contributed by atoms with Gasteiger partial charge in [0.15, 0.2) is 11.6 Å². The van der Waals surface area contributed by atoms with Crippen molar-refractivity contribution in [2.45, 2.75) is 38.5 Å². The molecule has 1 atom stereocenters. The second-order valence-electron chi connectivity index (χ2n) is 6.51. The van der Waals surface area contributed by atoms with Gasteiger partial charge < -0.3 is 15.4 Å². The Bertz CT molecular complexity index is 823. The fourth-order valence-electron chi connectivity index (χ4n) is 3.15. The second kappa shape index (κ2) is 7.80. The standard InChI is InChI=1S/C17H21BN4O4/c1-11(23)16-4-2-3-12-7-13(18(25)26-17(12)16)8-15(24)10-22-9-14(5-6-19)20-21-22/h2-4,9,13,25H,5-8,10,19H2,1H3/t13-/m1/s1. The summed E-state index contributed by atoms with van der Waals surface area (Å²) >= 11 is 0. The summed E-state index contributed by atoms with van der Waals surface area (Å²) in [7, 11) is -1.13. The number of nitrogens with two attached hydrogens (primary N) is 1. The summed E-state index contributed by atoms with van der Waals surface area (Å²) < 4.78 is 7.04.